The van der Waals surface area contributed by atoms with Crippen LogP contribution in [0.4, 0.5) is 4.79 Å². The van der Waals surface area contributed by atoms with Gasteiger partial charge < -0.3 is 18.9 Å². The van der Waals surface area contributed by atoms with Gasteiger partial charge in [-0.1, -0.05) is 11.6 Å². The van der Waals surface area contributed by atoms with Crippen molar-refractivity contribution in [3.8, 4) is 0 Å². The molecule has 1 heterocycles. The molecule has 0 aromatic heterocycles. The lowest BCUT2D eigenvalue weighted by atomic mass is 10.4. The molecule has 1 rings (SSSR count). The molecule has 0 saturated heterocycles. The van der Waals surface area contributed by atoms with Crippen molar-refractivity contribution >= 4 is 17.8 Å². The molecule has 0 bridgehead atoms. The standard InChI is InChI=1S/C9H13ClO5/c1-6(10)14-8(11)12-4-7-5-13-9(2,3)15-7/h5-6H,4H2,1-3H3. The van der Waals surface area contributed by atoms with Gasteiger partial charge in [0.2, 0.25) is 5.79 Å². The largest absolute Gasteiger partial charge is 0.510 e. The quantitative estimate of drug-likeness (QED) is 0.556. The van der Waals surface area contributed by atoms with Crippen LogP contribution in [0.15, 0.2) is 12.0 Å². The van der Waals surface area contributed by atoms with Crippen molar-refractivity contribution in [1.82, 2.24) is 0 Å². The summed E-state index contributed by atoms with van der Waals surface area (Å²) in [6.07, 6.45) is 0.559. The number of ether oxygens (including phenoxy) is 4. The second kappa shape index (κ2) is 4.61. The predicted molar refractivity (Wildman–Crippen MR) is 52.1 cm³/mol. The van der Waals surface area contributed by atoms with Gasteiger partial charge in [0.15, 0.2) is 17.9 Å². The zero-order chi connectivity index (χ0) is 11.5. The van der Waals surface area contributed by atoms with Crippen LogP contribution < -0.4 is 0 Å². The van der Waals surface area contributed by atoms with Crippen molar-refractivity contribution in [3.63, 3.8) is 0 Å². The lowest BCUT2D eigenvalue weighted by molar-refractivity contribution is -0.120. The molecule has 0 aromatic carbocycles. The van der Waals surface area contributed by atoms with Crippen molar-refractivity contribution in [2.75, 3.05) is 6.61 Å². The maximum atomic E-state index is 10.9. The molecule has 0 spiro atoms. The van der Waals surface area contributed by atoms with Crippen molar-refractivity contribution < 1.29 is 23.7 Å². The van der Waals surface area contributed by atoms with E-state index in [0.717, 1.165) is 0 Å². The summed E-state index contributed by atoms with van der Waals surface area (Å²) in [6.45, 7) is 4.97. The fourth-order valence-corrected chi connectivity index (χ4v) is 1.00. The zero-order valence-corrected chi connectivity index (χ0v) is 9.54. The van der Waals surface area contributed by atoms with Gasteiger partial charge in [-0.25, -0.2) is 4.79 Å². The highest BCUT2D eigenvalue weighted by Crippen LogP contribution is 2.24. The van der Waals surface area contributed by atoms with Crippen LogP contribution in [0, 0.1) is 0 Å². The summed E-state index contributed by atoms with van der Waals surface area (Å²) < 4.78 is 19.7. The molecule has 1 atom stereocenters. The molecular weight excluding hydrogens is 224 g/mol. The average Bonchev–Trinajstić information content (AvgIpc) is 2.41. The van der Waals surface area contributed by atoms with E-state index in [2.05, 4.69) is 4.74 Å². The van der Waals surface area contributed by atoms with Crippen LogP contribution in [0.1, 0.15) is 20.8 Å². The van der Waals surface area contributed by atoms with E-state index in [1.807, 2.05) is 0 Å². The van der Waals surface area contributed by atoms with Crippen molar-refractivity contribution in [3.05, 3.63) is 12.0 Å². The second-order valence-electron chi connectivity index (χ2n) is 3.40. The van der Waals surface area contributed by atoms with Gasteiger partial charge in [-0.15, -0.1) is 0 Å². The maximum Gasteiger partial charge on any atom is 0.510 e. The van der Waals surface area contributed by atoms with E-state index in [0.29, 0.717) is 5.76 Å². The third-order valence-electron chi connectivity index (χ3n) is 1.44. The molecular formula is C9H13ClO5. The molecule has 0 radical (unpaired) electrons. The average molecular weight is 237 g/mol. The van der Waals surface area contributed by atoms with Crippen molar-refractivity contribution in [1.29, 1.82) is 0 Å². The first-order valence-corrected chi connectivity index (χ1v) is 4.86. The van der Waals surface area contributed by atoms with Crippen LogP contribution >= 0.6 is 11.6 Å². The number of hydrogen-bond donors (Lipinski definition) is 0. The Bertz CT molecular complexity index is 272. The molecule has 1 aliphatic heterocycles. The van der Waals surface area contributed by atoms with Gasteiger partial charge in [-0.3, -0.25) is 0 Å². The molecule has 1 unspecified atom stereocenters. The summed E-state index contributed by atoms with van der Waals surface area (Å²) >= 11 is 5.42. The maximum absolute atomic E-state index is 10.9. The highest BCUT2D eigenvalue weighted by atomic mass is 35.5. The van der Waals surface area contributed by atoms with E-state index >= 15 is 0 Å². The highest BCUT2D eigenvalue weighted by molar-refractivity contribution is 6.19. The SMILES string of the molecule is CC(Cl)OC(=O)OCC1=COC(C)(C)O1. The lowest BCUT2D eigenvalue weighted by Crippen LogP contribution is -2.21. The van der Waals surface area contributed by atoms with Crippen LogP contribution in [0.2, 0.25) is 0 Å². The fourth-order valence-electron chi connectivity index (χ4n) is 0.932. The Labute approximate surface area is 92.9 Å². The Morgan fingerprint density at radius 2 is 2.33 bits per heavy atom. The topological polar surface area (TPSA) is 54.0 Å². The van der Waals surface area contributed by atoms with Crippen molar-refractivity contribution in [2.24, 2.45) is 0 Å². The van der Waals surface area contributed by atoms with Crippen LogP contribution in [0.5, 0.6) is 0 Å². The van der Waals surface area contributed by atoms with E-state index in [1.165, 1.54) is 13.2 Å². The molecule has 6 heteroatoms. The smallest absolute Gasteiger partial charge is 0.457 e. The van der Waals surface area contributed by atoms with Crippen LogP contribution in [-0.2, 0) is 18.9 Å². The lowest BCUT2D eigenvalue weighted by Gasteiger charge is -2.18. The highest BCUT2D eigenvalue weighted by Gasteiger charge is 2.28. The third kappa shape index (κ3) is 4.29. The number of alkyl halides is 1. The fraction of sp³-hybridized carbons (Fsp3) is 0.667. The minimum Gasteiger partial charge on any atom is -0.457 e. The first-order valence-electron chi connectivity index (χ1n) is 4.42. The molecule has 0 amide bonds. The molecule has 1 aliphatic rings. The van der Waals surface area contributed by atoms with E-state index in [4.69, 9.17) is 25.8 Å². The number of carbonyl (C=O) groups is 1. The molecule has 0 aromatic rings. The minimum absolute atomic E-state index is 0.0358. The van der Waals surface area contributed by atoms with Gasteiger partial charge in [0.1, 0.15) is 6.26 Å². The monoisotopic (exact) mass is 236 g/mol. The van der Waals surface area contributed by atoms with Gasteiger partial charge in [0, 0.05) is 13.8 Å². The summed E-state index contributed by atoms with van der Waals surface area (Å²) in [4.78, 5) is 10.9. The molecule has 0 saturated carbocycles. The Morgan fingerprint density at radius 1 is 1.67 bits per heavy atom. The van der Waals surface area contributed by atoms with Gasteiger partial charge in [0.05, 0.1) is 0 Å². The van der Waals surface area contributed by atoms with Gasteiger partial charge in [-0.05, 0) is 6.92 Å². The molecule has 5 nitrogen and oxygen atoms in total. The number of carbonyl (C=O) groups excluding carboxylic acids is 1. The number of rotatable bonds is 3. The predicted octanol–water partition coefficient (Wildman–Crippen LogP) is 2.35. The Balaban J connectivity index is 2.24. The molecule has 15 heavy (non-hydrogen) atoms. The van der Waals surface area contributed by atoms with E-state index in [-0.39, 0.29) is 6.61 Å². The van der Waals surface area contributed by atoms with E-state index in [9.17, 15) is 4.79 Å². The van der Waals surface area contributed by atoms with Gasteiger partial charge in [0.25, 0.3) is 0 Å². The number of hydrogen-bond acceptors (Lipinski definition) is 5. The number of halogens is 1. The summed E-state index contributed by atoms with van der Waals surface area (Å²) in [7, 11) is 0. The molecule has 0 fully saturated rings. The summed E-state index contributed by atoms with van der Waals surface area (Å²) in [5.74, 6) is -0.276. The van der Waals surface area contributed by atoms with E-state index < -0.39 is 17.5 Å². The van der Waals surface area contributed by atoms with Crippen LogP contribution in [0.25, 0.3) is 0 Å². The normalized spacial score (nSPS) is 19.6. The summed E-state index contributed by atoms with van der Waals surface area (Å²) in [5.41, 5.74) is -0.719. The Kier molecular flexibility index (Phi) is 3.68. The van der Waals surface area contributed by atoms with Gasteiger partial charge in [-0.2, -0.15) is 0 Å². The zero-order valence-electron chi connectivity index (χ0n) is 8.78. The van der Waals surface area contributed by atoms with Crippen LogP contribution in [0.3, 0.4) is 0 Å². The summed E-state index contributed by atoms with van der Waals surface area (Å²) in [5, 5.41) is 0. The van der Waals surface area contributed by atoms with Crippen molar-refractivity contribution in [2.45, 2.75) is 32.1 Å². The van der Waals surface area contributed by atoms with Gasteiger partial charge >= 0.3 is 6.16 Å². The molecule has 0 N–H and O–H groups in total. The summed E-state index contributed by atoms with van der Waals surface area (Å²) in [6, 6.07) is 0. The second-order valence-corrected chi connectivity index (χ2v) is 4.02. The molecule has 86 valence electrons. The third-order valence-corrected chi connectivity index (χ3v) is 1.53. The first kappa shape index (κ1) is 12.0. The minimum atomic E-state index is -0.841. The van der Waals surface area contributed by atoms with E-state index in [1.54, 1.807) is 13.8 Å². The Morgan fingerprint density at radius 3 is 2.80 bits per heavy atom. The Hall–Kier alpha value is -1.10. The molecule has 0 aliphatic carbocycles. The first-order chi connectivity index (χ1) is 6.89. The van der Waals surface area contributed by atoms with Crippen LogP contribution in [-0.4, -0.2) is 24.1 Å².